The number of hydrogen-bond acceptors (Lipinski definition) is 11. The molecular formula is C40H43N5O6S. The molecule has 3 aromatic carbocycles. The molecule has 2 amide bonds. The lowest BCUT2D eigenvalue weighted by Gasteiger charge is -2.37. The molecule has 1 atom stereocenters. The van der Waals surface area contributed by atoms with Crippen molar-refractivity contribution in [3.8, 4) is 16.3 Å². The third-order valence-corrected chi connectivity index (χ3v) is 11.8. The van der Waals surface area contributed by atoms with Crippen LogP contribution in [0, 0.1) is 0 Å². The van der Waals surface area contributed by atoms with E-state index in [1.165, 1.54) is 5.69 Å². The van der Waals surface area contributed by atoms with Gasteiger partial charge < -0.3 is 19.3 Å². The number of benzene rings is 3. The number of anilines is 2. The number of ketones is 2. The first-order chi connectivity index (χ1) is 25.2. The minimum absolute atomic E-state index is 0.135. The first-order valence-electron chi connectivity index (χ1n) is 18.2. The first-order valence-corrected chi connectivity index (χ1v) is 19.0. The van der Waals surface area contributed by atoms with Crippen LogP contribution >= 0.6 is 11.3 Å². The minimum Gasteiger partial charge on any atom is -0.490 e. The van der Waals surface area contributed by atoms with Crippen molar-refractivity contribution in [3.63, 3.8) is 0 Å². The fourth-order valence-electron chi connectivity index (χ4n) is 7.57. The first kappa shape index (κ1) is 34.4. The number of carbonyl (C=O) groups excluding carboxylic acids is 4. The third-order valence-electron chi connectivity index (χ3n) is 10.7. The van der Waals surface area contributed by atoms with Crippen LogP contribution in [0.3, 0.4) is 0 Å². The molecule has 0 spiro atoms. The van der Waals surface area contributed by atoms with Gasteiger partial charge in [0, 0.05) is 89.6 Å². The standard InChI is InChI=1S/C40H43N5O6S/c1-42(2)26-6-4-25(5-7-26)38-41-34-12-10-29(24-37(34)52-38)51-31-22-30(23-31)50-19-3-14-43-15-17-44(18-16-43)27-8-11-32-33(20-27)40(49)45(39(32)48)35-13-9-28(46)21-36(35)47/h4-8,10-12,20,24,30-31,35H,3,9,13-19,21-23H2,1-2H3. The lowest BCUT2D eigenvalue weighted by Crippen LogP contribution is -2.47. The van der Waals surface area contributed by atoms with E-state index in [-0.39, 0.29) is 43.0 Å². The molecule has 2 saturated carbocycles. The Labute approximate surface area is 307 Å². The number of hydrogen-bond donors (Lipinski definition) is 0. The van der Waals surface area contributed by atoms with Gasteiger partial charge in [0.05, 0.1) is 39.9 Å². The third kappa shape index (κ3) is 6.94. The van der Waals surface area contributed by atoms with Gasteiger partial charge in [-0.25, -0.2) is 4.98 Å². The molecule has 2 aliphatic carbocycles. The van der Waals surface area contributed by atoms with Crippen molar-refractivity contribution in [2.75, 3.05) is 63.2 Å². The molecule has 0 N–H and O–H groups in total. The summed E-state index contributed by atoms with van der Waals surface area (Å²) in [5.74, 6) is -0.487. The van der Waals surface area contributed by atoms with Gasteiger partial charge in [-0.3, -0.25) is 29.0 Å². The molecule has 0 bridgehead atoms. The van der Waals surface area contributed by atoms with Gasteiger partial charge in [-0.15, -0.1) is 11.3 Å². The number of amides is 2. The average Bonchev–Trinajstić information content (AvgIpc) is 3.66. The SMILES string of the molecule is CN(C)c1ccc(-c2nc3ccc(OC4CC(OCCCN5CCN(c6ccc7c(c6)C(=O)N(C6CCC(=O)CC6=O)C7=O)CC5)C4)cc3s2)cc1. The highest BCUT2D eigenvalue weighted by Crippen LogP contribution is 2.36. The number of thiazole rings is 1. The summed E-state index contributed by atoms with van der Waals surface area (Å²) in [6.45, 7) is 5.10. The van der Waals surface area contributed by atoms with E-state index in [1.807, 2.05) is 32.3 Å². The monoisotopic (exact) mass is 721 g/mol. The summed E-state index contributed by atoms with van der Waals surface area (Å²) in [6, 6.07) is 19.2. The molecular weight excluding hydrogens is 679 g/mol. The van der Waals surface area contributed by atoms with Crippen LogP contribution < -0.4 is 14.5 Å². The molecule has 1 saturated heterocycles. The number of nitrogens with zero attached hydrogens (tertiary/aromatic N) is 5. The number of aromatic nitrogens is 1. The van der Waals surface area contributed by atoms with Gasteiger partial charge in [-0.1, -0.05) is 0 Å². The zero-order chi connectivity index (χ0) is 35.9. The Morgan fingerprint density at radius 1 is 0.865 bits per heavy atom. The van der Waals surface area contributed by atoms with Gasteiger partial charge in [0.2, 0.25) is 0 Å². The Kier molecular flexibility index (Phi) is 9.54. The summed E-state index contributed by atoms with van der Waals surface area (Å²) in [6.07, 6.45) is 3.35. The molecule has 2 aliphatic heterocycles. The summed E-state index contributed by atoms with van der Waals surface area (Å²) in [5, 5.41) is 1.01. The molecule has 1 aromatic heterocycles. The Hall–Kier alpha value is -4.65. The van der Waals surface area contributed by atoms with E-state index < -0.39 is 17.9 Å². The van der Waals surface area contributed by atoms with Gasteiger partial charge in [0.25, 0.3) is 11.8 Å². The van der Waals surface area contributed by atoms with Crippen LogP contribution in [0.5, 0.6) is 5.75 Å². The highest BCUT2D eigenvalue weighted by Gasteiger charge is 2.44. The van der Waals surface area contributed by atoms with Crippen molar-refractivity contribution in [2.45, 2.75) is 56.8 Å². The number of fused-ring (bicyclic) bond motifs is 2. The molecule has 3 heterocycles. The predicted molar refractivity (Wildman–Crippen MR) is 201 cm³/mol. The number of ether oxygens (including phenoxy) is 2. The molecule has 270 valence electrons. The van der Waals surface area contributed by atoms with Crippen molar-refractivity contribution in [3.05, 3.63) is 71.8 Å². The zero-order valence-electron chi connectivity index (χ0n) is 29.6. The maximum absolute atomic E-state index is 13.3. The van der Waals surface area contributed by atoms with Crippen molar-refractivity contribution in [2.24, 2.45) is 0 Å². The van der Waals surface area contributed by atoms with E-state index in [9.17, 15) is 19.2 Å². The molecule has 4 aromatic rings. The van der Waals surface area contributed by atoms with E-state index in [1.54, 1.807) is 23.5 Å². The zero-order valence-corrected chi connectivity index (χ0v) is 30.4. The van der Waals surface area contributed by atoms with Crippen LogP contribution in [0.1, 0.15) is 59.2 Å². The second kappa shape index (κ2) is 14.4. The lowest BCUT2D eigenvalue weighted by atomic mass is 9.92. The number of piperazine rings is 1. The molecule has 11 nitrogen and oxygen atoms in total. The number of Topliss-reactive ketones (excluding diaryl/α,β-unsaturated/α-hetero) is 2. The predicted octanol–water partition coefficient (Wildman–Crippen LogP) is 5.45. The molecule has 4 aliphatic rings. The summed E-state index contributed by atoms with van der Waals surface area (Å²) < 4.78 is 13.6. The smallest absolute Gasteiger partial charge is 0.262 e. The van der Waals surface area contributed by atoms with Crippen molar-refractivity contribution < 1.29 is 28.7 Å². The van der Waals surface area contributed by atoms with E-state index in [2.05, 4.69) is 45.0 Å². The van der Waals surface area contributed by atoms with Crippen LogP contribution in [0.4, 0.5) is 11.4 Å². The van der Waals surface area contributed by atoms with Crippen LogP contribution in [0.25, 0.3) is 20.8 Å². The number of imide groups is 1. The van der Waals surface area contributed by atoms with Crippen LogP contribution in [0.15, 0.2) is 60.7 Å². The number of carbonyl (C=O) groups is 4. The van der Waals surface area contributed by atoms with Crippen LogP contribution in [0.2, 0.25) is 0 Å². The quantitative estimate of drug-likeness (QED) is 0.113. The highest BCUT2D eigenvalue weighted by atomic mass is 32.1. The van der Waals surface area contributed by atoms with E-state index in [4.69, 9.17) is 14.5 Å². The van der Waals surface area contributed by atoms with Gasteiger partial charge in [0.15, 0.2) is 5.78 Å². The highest BCUT2D eigenvalue weighted by molar-refractivity contribution is 7.21. The minimum atomic E-state index is -0.849. The molecule has 0 radical (unpaired) electrons. The summed E-state index contributed by atoms with van der Waals surface area (Å²) in [7, 11) is 4.08. The van der Waals surface area contributed by atoms with Crippen molar-refractivity contribution in [1.29, 1.82) is 0 Å². The molecule has 1 unspecified atom stereocenters. The fourth-order valence-corrected chi connectivity index (χ4v) is 8.57. The molecule has 52 heavy (non-hydrogen) atoms. The topological polar surface area (TPSA) is 113 Å². The van der Waals surface area contributed by atoms with Crippen molar-refractivity contribution in [1.82, 2.24) is 14.8 Å². The maximum Gasteiger partial charge on any atom is 0.262 e. The van der Waals surface area contributed by atoms with E-state index >= 15 is 0 Å². The Morgan fingerprint density at radius 3 is 2.38 bits per heavy atom. The van der Waals surface area contributed by atoms with E-state index in [0.717, 1.165) is 95.7 Å². The molecule has 12 heteroatoms. The second-order valence-corrected chi connectivity index (χ2v) is 15.5. The van der Waals surface area contributed by atoms with E-state index in [0.29, 0.717) is 11.1 Å². The summed E-state index contributed by atoms with van der Waals surface area (Å²) in [4.78, 5) is 63.2. The van der Waals surface area contributed by atoms with Gasteiger partial charge >= 0.3 is 0 Å². The second-order valence-electron chi connectivity index (χ2n) is 14.4. The lowest BCUT2D eigenvalue weighted by molar-refractivity contribution is -0.132. The molecule has 3 fully saturated rings. The summed E-state index contributed by atoms with van der Waals surface area (Å²) in [5.41, 5.74) is 4.84. The van der Waals surface area contributed by atoms with Crippen LogP contribution in [-0.2, 0) is 14.3 Å². The normalized spacial score (nSPS) is 22.2. The van der Waals surface area contributed by atoms with Gasteiger partial charge in [-0.05, 0) is 73.5 Å². The van der Waals surface area contributed by atoms with Gasteiger partial charge in [0.1, 0.15) is 22.6 Å². The fraction of sp³-hybridized carbons (Fsp3) is 0.425. The molecule has 8 rings (SSSR count). The summed E-state index contributed by atoms with van der Waals surface area (Å²) >= 11 is 1.69. The number of rotatable bonds is 11. The van der Waals surface area contributed by atoms with Crippen molar-refractivity contribution >= 4 is 56.3 Å². The Bertz CT molecular complexity index is 2010. The largest absolute Gasteiger partial charge is 0.490 e. The Morgan fingerprint density at radius 2 is 1.63 bits per heavy atom. The Balaban J connectivity index is 0.747. The maximum atomic E-state index is 13.3. The average molecular weight is 722 g/mol. The van der Waals surface area contributed by atoms with Crippen LogP contribution in [-0.4, -0.2) is 110 Å². The van der Waals surface area contributed by atoms with Gasteiger partial charge in [-0.2, -0.15) is 0 Å².